The molecule has 0 aliphatic heterocycles. The molecule has 1 amide bonds. The second-order valence-corrected chi connectivity index (χ2v) is 7.76. The van der Waals surface area contributed by atoms with Crippen molar-refractivity contribution in [2.24, 2.45) is 0 Å². The van der Waals surface area contributed by atoms with Crippen LogP contribution in [0.1, 0.15) is 48.2 Å². The molecule has 0 unspecified atom stereocenters. The van der Waals surface area contributed by atoms with Gasteiger partial charge in [-0.2, -0.15) is 13.2 Å². The lowest BCUT2D eigenvalue weighted by atomic mass is 10.1. The fraction of sp³-hybridized carbons (Fsp3) is 0.333. The summed E-state index contributed by atoms with van der Waals surface area (Å²) in [6, 6.07) is 3.89. The lowest BCUT2D eigenvalue weighted by molar-refractivity contribution is -0.137. The highest BCUT2D eigenvalue weighted by Crippen LogP contribution is 2.35. The molecule has 0 aliphatic rings. The van der Waals surface area contributed by atoms with Gasteiger partial charge in [0.25, 0.3) is 11.5 Å². The molecule has 160 valence electrons. The first-order valence-electron chi connectivity index (χ1n) is 9.53. The van der Waals surface area contributed by atoms with Crippen molar-refractivity contribution in [3.05, 3.63) is 56.7 Å². The van der Waals surface area contributed by atoms with Crippen molar-refractivity contribution in [3.8, 4) is 5.75 Å². The Labute approximate surface area is 174 Å². The molecule has 5 nitrogen and oxygen atoms in total. The molecule has 30 heavy (non-hydrogen) atoms. The summed E-state index contributed by atoms with van der Waals surface area (Å²) < 4.78 is 39.6. The third kappa shape index (κ3) is 4.07. The van der Waals surface area contributed by atoms with Gasteiger partial charge in [-0.05, 0) is 48.1 Å². The molecule has 0 saturated carbocycles. The van der Waals surface area contributed by atoms with E-state index in [1.165, 1.54) is 15.9 Å². The van der Waals surface area contributed by atoms with Crippen LogP contribution in [0.4, 0.5) is 18.9 Å². The summed E-state index contributed by atoms with van der Waals surface area (Å²) in [5.74, 6) is -1.26. The number of aromatic hydroxyl groups is 1. The first-order chi connectivity index (χ1) is 14.2. The highest BCUT2D eigenvalue weighted by atomic mass is 32.1. The van der Waals surface area contributed by atoms with Gasteiger partial charge in [0.1, 0.15) is 16.1 Å². The molecular formula is C21H21F3N2O3S. The number of thiophene rings is 1. The van der Waals surface area contributed by atoms with Crippen molar-refractivity contribution < 1.29 is 23.1 Å². The van der Waals surface area contributed by atoms with Crippen LogP contribution in [-0.4, -0.2) is 15.6 Å². The van der Waals surface area contributed by atoms with Crippen molar-refractivity contribution in [2.45, 2.75) is 45.8 Å². The van der Waals surface area contributed by atoms with Crippen molar-refractivity contribution in [2.75, 3.05) is 5.32 Å². The first-order valence-corrected chi connectivity index (χ1v) is 10.4. The number of benzene rings is 1. The number of fused-ring (bicyclic) bond motifs is 1. The third-order valence-electron chi connectivity index (χ3n) is 4.69. The third-order valence-corrected chi connectivity index (χ3v) is 5.74. The van der Waals surface area contributed by atoms with Crippen LogP contribution in [-0.2, 0) is 19.1 Å². The Morgan fingerprint density at radius 2 is 1.83 bits per heavy atom. The number of nitrogens with one attached hydrogen (secondary N) is 1. The molecule has 0 saturated heterocycles. The number of halogens is 3. The molecule has 2 aromatic heterocycles. The number of pyridine rings is 1. The monoisotopic (exact) mass is 438 g/mol. The molecule has 2 heterocycles. The molecular weight excluding hydrogens is 417 g/mol. The van der Waals surface area contributed by atoms with Crippen molar-refractivity contribution in [3.63, 3.8) is 0 Å². The van der Waals surface area contributed by atoms with Crippen LogP contribution in [0.25, 0.3) is 10.2 Å². The number of carbonyl (C=O) groups is 1. The Bertz CT molecular complexity index is 1130. The van der Waals surface area contributed by atoms with Crippen LogP contribution in [0.5, 0.6) is 5.75 Å². The predicted octanol–water partition coefficient (Wildman–Crippen LogP) is 5.40. The van der Waals surface area contributed by atoms with Crippen LogP contribution in [0, 0.1) is 0 Å². The van der Waals surface area contributed by atoms with E-state index in [2.05, 4.69) is 5.32 Å². The van der Waals surface area contributed by atoms with Gasteiger partial charge >= 0.3 is 6.18 Å². The van der Waals surface area contributed by atoms with E-state index < -0.39 is 34.5 Å². The van der Waals surface area contributed by atoms with Gasteiger partial charge in [0.15, 0.2) is 0 Å². The fourth-order valence-electron chi connectivity index (χ4n) is 3.31. The Kier molecular flexibility index (Phi) is 6.21. The molecule has 3 rings (SSSR count). The molecule has 9 heteroatoms. The van der Waals surface area contributed by atoms with E-state index in [1.807, 2.05) is 19.2 Å². The number of carbonyl (C=O) groups excluding carboxylic acids is 1. The maximum Gasteiger partial charge on any atom is 0.416 e. The second kappa shape index (κ2) is 8.51. The number of aryl methyl sites for hydroxylation is 2. The number of amides is 1. The Balaban J connectivity index is 2.07. The summed E-state index contributed by atoms with van der Waals surface area (Å²) in [7, 11) is 0. The topological polar surface area (TPSA) is 71.3 Å². The molecule has 0 atom stereocenters. The summed E-state index contributed by atoms with van der Waals surface area (Å²) in [4.78, 5) is 26.4. The molecule has 0 fully saturated rings. The first kappa shape index (κ1) is 21.9. The maximum atomic E-state index is 13.0. The predicted molar refractivity (Wildman–Crippen MR) is 111 cm³/mol. The van der Waals surface area contributed by atoms with Gasteiger partial charge in [-0.3, -0.25) is 14.2 Å². The lowest BCUT2D eigenvalue weighted by Gasteiger charge is -2.13. The number of hydrogen-bond acceptors (Lipinski definition) is 4. The van der Waals surface area contributed by atoms with Gasteiger partial charge in [-0.15, -0.1) is 11.3 Å². The normalized spacial score (nSPS) is 11.8. The fourth-order valence-corrected chi connectivity index (χ4v) is 4.44. The van der Waals surface area contributed by atoms with E-state index in [9.17, 15) is 27.9 Å². The van der Waals surface area contributed by atoms with Crippen LogP contribution in [0.2, 0.25) is 0 Å². The summed E-state index contributed by atoms with van der Waals surface area (Å²) in [5.41, 5.74) is -0.947. The number of rotatable bonds is 6. The maximum absolute atomic E-state index is 13.0. The molecule has 0 aliphatic carbocycles. The van der Waals surface area contributed by atoms with E-state index in [-0.39, 0.29) is 5.69 Å². The van der Waals surface area contributed by atoms with Gasteiger partial charge in [-0.1, -0.05) is 20.3 Å². The standard InChI is InChI=1S/C21H21F3N2O3S/c1-3-5-12-11-30-20-15(12)17(27)16(19(29)26(20)10-4-2)18(28)25-14-8-6-13(7-9-14)21(22,23)24/h6-9,11,27H,3-5,10H2,1-2H3,(H,25,28). The second-order valence-electron chi connectivity index (χ2n) is 6.90. The van der Waals surface area contributed by atoms with Gasteiger partial charge in [0.05, 0.1) is 10.9 Å². The zero-order chi connectivity index (χ0) is 22.1. The van der Waals surface area contributed by atoms with Crippen molar-refractivity contribution in [1.29, 1.82) is 0 Å². The zero-order valence-corrected chi connectivity index (χ0v) is 17.3. The summed E-state index contributed by atoms with van der Waals surface area (Å²) in [6.45, 7) is 4.26. The Morgan fingerprint density at radius 1 is 1.17 bits per heavy atom. The molecule has 1 aromatic carbocycles. The van der Waals surface area contributed by atoms with Gasteiger partial charge in [0, 0.05) is 12.2 Å². The lowest BCUT2D eigenvalue weighted by Crippen LogP contribution is -2.29. The smallest absolute Gasteiger partial charge is 0.416 e. The molecule has 0 radical (unpaired) electrons. The number of aromatic nitrogens is 1. The minimum atomic E-state index is -4.49. The van der Waals surface area contributed by atoms with E-state index in [1.54, 1.807) is 0 Å². The van der Waals surface area contributed by atoms with Crippen molar-refractivity contribution in [1.82, 2.24) is 4.57 Å². The SMILES string of the molecule is CCCc1csc2c1c(O)c(C(=O)Nc1ccc(C(F)(F)F)cc1)c(=O)n2CCC. The van der Waals surface area contributed by atoms with Crippen LogP contribution >= 0.6 is 11.3 Å². The van der Waals surface area contributed by atoms with Gasteiger partial charge in [0.2, 0.25) is 0 Å². The number of nitrogens with zero attached hydrogens (tertiary/aromatic N) is 1. The van der Waals surface area contributed by atoms with E-state index in [4.69, 9.17) is 0 Å². The quantitative estimate of drug-likeness (QED) is 0.541. The zero-order valence-electron chi connectivity index (χ0n) is 16.5. The van der Waals surface area contributed by atoms with Crippen molar-refractivity contribution >= 4 is 33.1 Å². The number of hydrogen-bond donors (Lipinski definition) is 2. The average Bonchev–Trinajstić information content (AvgIpc) is 3.09. The van der Waals surface area contributed by atoms with E-state index >= 15 is 0 Å². The van der Waals surface area contributed by atoms with Crippen LogP contribution in [0.3, 0.4) is 0 Å². The molecule has 2 N–H and O–H groups in total. The number of anilines is 1. The highest BCUT2D eigenvalue weighted by Gasteiger charge is 2.30. The van der Waals surface area contributed by atoms with E-state index in [0.29, 0.717) is 29.6 Å². The average molecular weight is 438 g/mol. The Morgan fingerprint density at radius 3 is 2.40 bits per heavy atom. The van der Waals surface area contributed by atoms with Crippen LogP contribution in [0.15, 0.2) is 34.4 Å². The highest BCUT2D eigenvalue weighted by molar-refractivity contribution is 7.17. The molecule has 0 spiro atoms. The summed E-state index contributed by atoms with van der Waals surface area (Å²) in [5, 5.41) is 15.6. The van der Waals surface area contributed by atoms with Gasteiger partial charge < -0.3 is 10.4 Å². The number of alkyl halides is 3. The molecule has 3 aromatic rings. The molecule has 0 bridgehead atoms. The summed E-state index contributed by atoms with van der Waals surface area (Å²) in [6.07, 6.45) is -2.34. The largest absolute Gasteiger partial charge is 0.506 e. The van der Waals surface area contributed by atoms with Gasteiger partial charge in [-0.25, -0.2) is 0 Å². The summed E-state index contributed by atoms with van der Waals surface area (Å²) >= 11 is 1.34. The van der Waals surface area contributed by atoms with E-state index in [0.717, 1.165) is 36.2 Å². The van der Waals surface area contributed by atoms with Crippen LogP contribution < -0.4 is 10.9 Å². The Hall–Kier alpha value is -2.81. The minimum Gasteiger partial charge on any atom is -0.506 e. The minimum absolute atomic E-state index is 0.0908.